The van der Waals surface area contributed by atoms with E-state index in [1.807, 2.05) is 50.2 Å². The van der Waals surface area contributed by atoms with Crippen molar-refractivity contribution in [2.24, 2.45) is 0 Å². The Kier molecular flexibility index (Phi) is 5.74. The van der Waals surface area contributed by atoms with Gasteiger partial charge in [0.05, 0.1) is 5.69 Å². The van der Waals surface area contributed by atoms with Gasteiger partial charge in [0.25, 0.3) is 5.91 Å². The van der Waals surface area contributed by atoms with Gasteiger partial charge in [-0.15, -0.1) is 0 Å². The van der Waals surface area contributed by atoms with Crippen molar-refractivity contribution in [2.75, 3.05) is 13.6 Å². The molecule has 0 spiro atoms. The highest BCUT2D eigenvalue weighted by Gasteiger charge is 2.24. The van der Waals surface area contributed by atoms with Gasteiger partial charge in [-0.2, -0.15) is 0 Å². The number of rotatable bonds is 7. The van der Waals surface area contributed by atoms with Gasteiger partial charge in [-0.25, -0.2) is 0 Å². The zero-order valence-corrected chi connectivity index (χ0v) is 16.2. The maximum Gasteiger partial charge on any atom is 0.259 e. The molecule has 0 unspecified atom stereocenters. The molecule has 0 saturated heterocycles. The Bertz CT molecular complexity index is 897. The molecule has 2 heterocycles. The second-order valence-electron chi connectivity index (χ2n) is 7.04. The average Bonchev–Trinajstić information content (AvgIpc) is 3.28. The van der Waals surface area contributed by atoms with Crippen LogP contribution in [0.5, 0.6) is 0 Å². The topological polar surface area (TPSA) is 72.4 Å². The largest absolute Gasteiger partial charge is 0.361 e. The van der Waals surface area contributed by atoms with Gasteiger partial charge in [0, 0.05) is 37.6 Å². The van der Waals surface area contributed by atoms with Crippen LogP contribution in [0.25, 0.3) is 11.3 Å². The fourth-order valence-corrected chi connectivity index (χ4v) is 3.00. The predicted octanol–water partition coefficient (Wildman–Crippen LogP) is 4.47. The third-order valence-corrected chi connectivity index (χ3v) is 4.52. The Morgan fingerprint density at radius 3 is 2.59 bits per heavy atom. The number of aryl methyl sites for hydroxylation is 2. The molecule has 0 radical (unpaired) electrons. The fraction of sp³-hybridized carbons (Fsp3) is 0.381. The fourth-order valence-electron chi connectivity index (χ4n) is 3.00. The highest BCUT2D eigenvalue weighted by atomic mass is 16.5. The van der Waals surface area contributed by atoms with Crippen molar-refractivity contribution >= 4 is 5.91 Å². The van der Waals surface area contributed by atoms with Crippen LogP contribution in [-0.2, 0) is 6.42 Å². The van der Waals surface area contributed by atoms with E-state index in [2.05, 4.69) is 10.3 Å². The second kappa shape index (κ2) is 8.20. The van der Waals surface area contributed by atoms with E-state index in [1.165, 1.54) is 0 Å². The van der Waals surface area contributed by atoms with Gasteiger partial charge >= 0.3 is 0 Å². The SMILES string of the molecule is Cc1noc(C(C)C)c1C(=O)N(C)CCCc1cc(-c2ccccc2)no1. The van der Waals surface area contributed by atoms with E-state index in [9.17, 15) is 4.79 Å². The van der Waals surface area contributed by atoms with Gasteiger partial charge < -0.3 is 13.9 Å². The molecule has 142 valence electrons. The number of hydrogen-bond donors (Lipinski definition) is 0. The lowest BCUT2D eigenvalue weighted by Gasteiger charge is -2.17. The first kappa shape index (κ1) is 18.9. The summed E-state index contributed by atoms with van der Waals surface area (Å²) in [5.41, 5.74) is 3.08. The van der Waals surface area contributed by atoms with Crippen LogP contribution in [0.15, 0.2) is 45.4 Å². The Balaban J connectivity index is 1.57. The lowest BCUT2D eigenvalue weighted by Crippen LogP contribution is -2.29. The first-order valence-corrected chi connectivity index (χ1v) is 9.20. The minimum absolute atomic E-state index is 0.0556. The number of amides is 1. The molecule has 1 amide bonds. The number of hydrogen-bond acceptors (Lipinski definition) is 5. The molecule has 0 fully saturated rings. The Hall–Kier alpha value is -2.89. The van der Waals surface area contributed by atoms with Crippen LogP contribution in [0.2, 0.25) is 0 Å². The summed E-state index contributed by atoms with van der Waals surface area (Å²) in [6.07, 6.45) is 1.50. The van der Waals surface area contributed by atoms with E-state index in [0.29, 0.717) is 23.6 Å². The Morgan fingerprint density at radius 1 is 1.15 bits per heavy atom. The monoisotopic (exact) mass is 367 g/mol. The number of nitrogens with zero attached hydrogens (tertiary/aromatic N) is 3. The van der Waals surface area contributed by atoms with Gasteiger partial charge in [0.1, 0.15) is 17.0 Å². The van der Waals surface area contributed by atoms with Gasteiger partial charge in [0.2, 0.25) is 0 Å². The minimum Gasteiger partial charge on any atom is -0.361 e. The number of aromatic nitrogens is 2. The summed E-state index contributed by atoms with van der Waals surface area (Å²) in [5, 5.41) is 8.08. The van der Waals surface area contributed by atoms with Crippen molar-refractivity contribution in [2.45, 2.75) is 39.5 Å². The molecule has 0 aliphatic rings. The second-order valence-corrected chi connectivity index (χ2v) is 7.04. The molecule has 2 aromatic heterocycles. The number of carbonyl (C=O) groups is 1. The molecular weight excluding hydrogens is 342 g/mol. The zero-order valence-electron chi connectivity index (χ0n) is 16.2. The smallest absolute Gasteiger partial charge is 0.259 e. The molecule has 1 aromatic carbocycles. The van der Waals surface area contributed by atoms with Crippen molar-refractivity contribution in [3.05, 3.63) is 59.2 Å². The van der Waals surface area contributed by atoms with Gasteiger partial charge in [0.15, 0.2) is 5.76 Å². The zero-order chi connectivity index (χ0) is 19.4. The van der Waals surface area contributed by atoms with Crippen molar-refractivity contribution in [3.8, 4) is 11.3 Å². The van der Waals surface area contributed by atoms with Crippen molar-refractivity contribution in [3.63, 3.8) is 0 Å². The summed E-state index contributed by atoms with van der Waals surface area (Å²) in [6.45, 7) is 6.40. The summed E-state index contributed by atoms with van der Waals surface area (Å²) >= 11 is 0. The standard InChI is InChI=1S/C21H25N3O3/c1-14(2)20-19(15(3)22-27-20)21(25)24(4)12-8-11-17-13-18(23-26-17)16-9-6-5-7-10-16/h5-7,9-10,13-14H,8,11-12H2,1-4H3. The number of benzene rings is 1. The van der Waals surface area contributed by atoms with E-state index in [1.54, 1.807) is 18.9 Å². The van der Waals surface area contributed by atoms with Crippen molar-refractivity contribution in [1.29, 1.82) is 0 Å². The van der Waals surface area contributed by atoms with Crippen LogP contribution in [0.1, 0.15) is 53.8 Å². The van der Waals surface area contributed by atoms with Crippen molar-refractivity contribution in [1.82, 2.24) is 15.2 Å². The Labute approximate surface area is 159 Å². The number of carbonyl (C=O) groups excluding carboxylic acids is 1. The summed E-state index contributed by atoms with van der Waals surface area (Å²) in [4.78, 5) is 14.5. The molecule has 3 rings (SSSR count). The first-order valence-electron chi connectivity index (χ1n) is 9.20. The van der Waals surface area contributed by atoms with Gasteiger partial charge in [-0.3, -0.25) is 4.79 Å². The molecular formula is C21H25N3O3. The molecule has 0 aliphatic carbocycles. The molecule has 3 aromatic rings. The summed E-state index contributed by atoms with van der Waals surface area (Å²) < 4.78 is 10.8. The summed E-state index contributed by atoms with van der Waals surface area (Å²) in [6, 6.07) is 11.9. The van der Waals surface area contributed by atoms with Crippen LogP contribution >= 0.6 is 0 Å². The quantitative estimate of drug-likeness (QED) is 0.616. The maximum atomic E-state index is 12.8. The lowest BCUT2D eigenvalue weighted by molar-refractivity contribution is 0.0789. The van der Waals surface area contributed by atoms with Crippen molar-refractivity contribution < 1.29 is 13.8 Å². The lowest BCUT2D eigenvalue weighted by atomic mass is 10.0. The first-order chi connectivity index (χ1) is 13.0. The van der Waals surface area contributed by atoms with Crippen LogP contribution < -0.4 is 0 Å². The van der Waals surface area contributed by atoms with E-state index in [0.717, 1.165) is 29.9 Å². The van der Waals surface area contributed by atoms with E-state index < -0.39 is 0 Å². The minimum atomic E-state index is -0.0556. The molecule has 0 aliphatic heterocycles. The highest BCUT2D eigenvalue weighted by Crippen LogP contribution is 2.24. The molecule has 6 nitrogen and oxygen atoms in total. The highest BCUT2D eigenvalue weighted by molar-refractivity contribution is 5.96. The van der Waals surface area contributed by atoms with E-state index in [-0.39, 0.29) is 11.8 Å². The van der Waals surface area contributed by atoms with Gasteiger partial charge in [-0.05, 0) is 13.3 Å². The molecule has 0 N–H and O–H groups in total. The third kappa shape index (κ3) is 4.27. The normalized spacial score (nSPS) is 11.1. The predicted molar refractivity (Wildman–Crippen MR) is 103 cm³/mol. The molecule has 0 saturated carbocycles. The molecule has 6 heteroatoms. The molecule has 0 atom stereocenters. The van der Waals surface area contributed by atoms with Crippen LogP contribution in [0, 0.1) is 6.92 Å². The maximum absolute atomic E-state index is 12.8. The van der Waals surface area contributed by atoms with Crippen LogP contribution in [-0.4, -0.2) is 34.7 Å². The Morgan fingerprint density at radius 2 is 1.89 bits per heavy atom. The molecule has 0 bridgehead atoms. The van der Waals surface area contributed by atoms with Crippen LogP contribution in [0.4, 0.5) is 0 Å². The van der Waals surface area contributed by atoms with E-state index >= 15 is 0 Å². The third-order valence-electron chi connectivity index (χ3n) is 4.52. The van der Waals surface area contributed by atoms with Crippen LogP contribution in [0.3, 0.4) is 0 Å². The molecule has 27 heavy (non-hydrogen) atoms. The van der Waals surface area contributed by atoms with Gasteiger partial charge in [-0.1, -0.05) is 54.5 Å². The summed E-state index contributed by atoms with van der Waals surface area (Å²) in [5.74, 6) is 1.52. The van der Waals surface area contributed by atoms with E-state index in [4.69, 9.17) is 9.05 Å². The summed E-state index contributed by atoms with van der Waals surface area (Å²) in [7, 11) is 1.80. The average molecular weight is 367 g/mol.